The summed E-state index contributed by atoms with van der Waals surface area (Å²) in [5, 5.41) is 7.67. The number of nitrogens with one attached hydrogen (secondary N) is 1. The smallest absolute Gasteiger partial charge is 0.305 e. The third-order valence-electron chi connectivity index (χ3n) is 1.60. The third-order valence-corrected chi connectivity index (χ3v) is 2.38. The molecule has 0 spiro atoms. The molecule has 0 aromatic rings. The normalized spacial score (nSPS) is 11.3. The highest BCUT2D eigenvalue weighted by atomic mass is 32.2. The number of primary sulfonamides is 1. The Hall–Kier alpha value is -0.660. The first kappa shape index (κ1) is 14.3. The molecule has 0 saturated carbocycles. The number of carbonyl (C=O) groups excluding carboxylic acids is 1. The molecule has 0 unspecified atom stereocenters. The molecule has 0 bridgehead atoms. The average Bonchev–Trinajstić information content (AvgIpc) is 2.09. The average molecular weight is 238 g/mol. The molecule has 90 valence electrons. The van der Waals surface area contributed by atoms with Crippen molar-refractivity contribution in [2.24, 2.45) is 5.14 Å². The molecule has 0 aliphatic rings. The summed E-state index contributed by atoms with van der Waals surface area (Å²) < 4.78 is 25.8. The maximum absolute atomic E-state index is 10.9. The molecule has 0 radical (unpaired) electrons. The van der Waals surface area contributed by atoms with E-state index >= 15 is 0 Å². The quantitative estimate of drug-likeness (QED) is 0.426. The van der Waals surface area contributed by atoms with Crippen molar-refractivity contribution in [1.29, 1.82) is 0 Å². The lowest BCUT2D eigenvalue weighted by Crippen LogP contribution is -2.28. The summed E-state index contributed by atoms with van der Waals surface area (Å²) in [7, 11) is -3.39. The molecule has 0 saturated heterocycles. The Morgan fingerprint density at radius 2 is 2.07 bits per heavy atom. The van der Waals surface area contributed by atoms with Crippen molar-refractivity contribution in [2.75, 3.05) is 25.4 Å². The van der Waals surface area contributed by atoms with Crippen LogP contribution in [0.5, 0.6) is 0 Å². The van der Waals surface area contributed by atoms with E-state index in [2.05, 4.69) is 5.32 Å². The number of rotatable bonds is 8. The minimum atomic E-state index is -3.39. The van der Waals surface area contributed by atoms with E-state index in [1.54, 1.807) is 6.92 Å². The summed E-state index contributed by atoms with van der Waals surface area (Å²) in [4.78, 5) is 10.9. The summed E-state index contributed by atoms with van der Waals surface area (Å²) in [6.07, 6.45) is 0.972. The first-order valence-corrected chi connectivity index (χ1v) is 6.54. The van der Waals surface area contributed by atoms with Gasteiger partial charge in [-0.3, -0.25) is 4.79 Å². The molecule has 0 aromatic heterocycles. The lowest BCUT2D eigenvalue weighted by molar-refractivity contribution is -0.143. The molecule has 0 atom stereocenters. The SMILES string of the molecule is CCOC(=O)CCCNCCS(N)(=O)=O. The Morgan fingerprint density at radius 1 is 1.40 bits per heavy atom. The number of nitrogens with two attached hydrogens (primary N) is 1. The van der Waals surface area contributed by atoms with Crippen LogP contribution in [0, 0.1) is 0 Å². The highest BCUT2D eigenvalue weighted by Gasteiger charge is 2.02. The van der Waals surface area contributed by atoms with Crippen molar-refractivity contribution in [2.45, 2.75) is 19.8 Å². The molecule has 0 aromatic carbocycles. The Kier molecular flexibility index (Phi) is 7.27. The number of esters is 1. The maximum Gasteiger partial charge on any atom is 0.305 e. The van der Waals surface area contributed by atoms with Gasteiger partial charge in [-0.15, -0.1) is 0 Å². The van der Waals surface area contributed by atoms with Gasteiger partial charge < -0.3 is 10.1 Å². The van der Waals surface area contributed by atoms with Crippen molar-refractivity contribution >= 4 is 16.0 Å². The first-order chi connectivity index (χ1) is 6.95. The van der Waals surface area contributed by atoms with E-state index < -0.39 is 10.0 Å². The van der Waals surface area contributed by atoms with Gasteiger partial charge in [0.25, 0.3) is 0 Å². The van der Waals surface area contributed by atoms with Gasteiger partial charge in [0.2, 0.25) is 10.0 Å². The van der Waals surface area contributed by atoms with Gasteiger partial charge in [-0.25, -0.2) is 13.6 Å². The van der Waals surface area contributed by atoms with Crippen LogP contribution in [-0.2, 0) is 19.6 Å². The highest BCUT2D eigenvalue weighted by molar-refractivity contribution is 7.89. The fourth-order valence-electron chi connectivity index (χ4n) is 0.930. The second-order valence-electron chi connectivity index (χ2n) is 3.03. The van der Waals surface area contributed by atoms with E-state index in [-0.39, 0.29) is 11.7 Å². The zero-order valence-corrected chi connectivity index (χ0v) is 9.68. The minimum absolute atomic E-state index is 0.0909. The first-order valence-electron chi connectivity index (χ1n) is 4.82. The molecule has 0 fully saturated rings. The Labute approximate surface area is 90.2 Å². The van der Waals surface area contributed by atoms with Crippen molar-refractivity contribution in [3.63, 3.8) is 0 Å². The van der Waals surface area contributed by atoms with Crippen LogP contribution in [0.4, 0.5) is 0 Å². The summed E-state index contributed by atoms with van der Waals surface area (Å²) in [5.41, 5.74) is 0. The summed E-state index contributed by atoms with van der Waals surface area (Å²) in [6.45, 7) is 3.02. The molecule has 0 rings (SSSR count). The fourth-order valence-corrected chi connectivity index (χ4v) is 1.36. The van der Waals surface area contributed by atoms with E-state index in [0.717, 1.165) is 0 Å². The van der Waals surface area contributed by atoms with Gasteiger partial charge in [-0.2, -0.15) is 0 Å². The zero-order chi connectivity index (χ0) is 11.7. The maximum atomic E-state index is 10.9. The van der Waals surface area contributed by atoms with Crippen LogP contribution in [0.2, 0.25) is 0 Å². The molecule has 15 heavy (non-hydrogen) atoms. The standard InChI is InChI=1S/C8H18N2O4S/c1-2-14-8(11)4-3-5-10-6-7-15(9,12)13/h10H,2-7H2,1H3,(H2,9,12,13). The van der Waals surface area contributed by atoms with E-state index in [1.165, 1.54) is 0 Å². The van der Waals surface area contributed by atoms with Crippen LogP contribution < -0.4 is 10.5 Å². The van der Waals surface area contributed by atoms with Gasteiger partial charge in [0.05, 0.1) is 12.4 Å². The summed E-state index contributed by atoms with van der Waals surface area (Å²) in [5.74, 6) is -0.322. The topological polar surface area (TPSA) is 98.5 Å². The van der Waals surface area contributed by atoms with Crippen molar-refractivity contribution < 1.29 is 17.9 Å². The van der Waals surface area contributed by atoms with Crippen LogP contribution >= 0.6 is 0 Å². The molecular weight excluding hydrogens is 220 g/mol. The predicted octanol–water partition coefficient (Wildman–Crippen LogP) is -0.792. The Bertz CT molecular complexity index is 276. The number of carbonyl (C=O) groups is 1. The summed E-state index contributed by atoms with van der Waals surface area (Å²) >= 11 is 0. The van der Waals surface area contributed by atoms with E-state index in [9.17, 15) is 13.2 Å². The third kappa shape index (κ3) is 11.3. The van der Waals surface area contributed by atoms with Gasteiger partial charge in [-0.1, -0.05) is 0 Å². The Morgan fingerprint density at radius 3 is 2.60 bits per heavy atom. The van der Waals surface area contributed by atoms with Crippen LogP contribution in [0.25, 0.3) is 0 Å². The molecule has 7 heteroatoms. The minimum Gasteiger partial charge on any atom is -0.466 e. The molecule has 0 amide bonds. The lowest BCUT2D eigenvalue weighted by Gasteiger charge is -2.03. The van der Waals surface area contributed by atoms with E-state index in [1.807, 2.05) is 0 Å². The van der Waals surface area contributed by atoms with E-state index in [0.29, 0.717) is 32.5 Å². The molecule has 6 nitrogen and oxygen atoms in total. The molecule has 0 aliphatic carbocycles. The monoisotopic (exact) mass is 238 g/mol. The van der Waals surface area contributed by atoms with Gasteiger partial charge in [0.15, 0.2) is 0 Å². The van der Waals surface area contributed by atoms with Crippen molar-refractivity contribution in [1.82, 2.24) is 5.32 Å². The van der Waals surface area contributed by atoms with Gasteiger partial charge in [0.1, 0.15) is 0 Å². The second-order valence-corrected chi connectivity index (χ2v) is 4.76. The number of hydrogen-bond acceptors (Lipinski definition) is 5. The molecule has 0 heterocycles. The van der Waals surface area contributed by atoms with Crippen LogP contribution in [0.3, 0.4) is 0 Å². The van der Waals surface area contributed by atoms with Crippen LogP contribution in [0.15, 0.2) is 0 Å². The number of sulfonamides is 1. The molecular formula is C8H18N2O4S. The summed E-state index contributed by atoms with van der Waals surface area (Å²) in [6, 6.07) is 0. The van der Waals surface area contributed by atoms with Gasteiger partial charge >= 0.3 is 5.97 Å². The lowest BCUT2D eigenvalue weighted by atomic mass is 10.3. The zero-order valence-electron chi connectivity index (χ0n) is 8.86. The molecule has 3 N–H and O–H groups in total. The Balaban J connectivity index is 3.29. The number of hydrogen-bond donors (Lipinski definition) is 2. The van der Waals surface area contributed by atoms with Crippen molar-refractivity contribution in [3.05, 3.63) is 0 Å². The second kappa shape index (κ2) is 7.61. The number of ether oxygens (including phenoxy) is 1. The van der Waals surface area contributed by atoms with Crippen molar-refractivity contribution in [3.8, 4) is 0 Å². The highest BCUT2D eigenvalue weighted by Crippen LogP contribution is 1.91. The fraction of sp³-hybridized carbons (Fsp3) is 0.875. The van der Waals surface area contributed by atoms with Crippen LogP contribution in [-0.4, -0.2) is 39.8 Å². The largest absolute Gasteiger partial charge is 0.466 e. The van der Waals surface area contributed by atoms with Gasteiger partial charge in [-0.05, 0) is 19.9 Å². The molecule has 0 aliphatic heterocycles. The van der Waals surface area contributed by atoms with E-state index in [4.69, 9.17) is 9.88 Å². The predicted molar refractivity (Wildman–Crippen MR) is 56.7 cm³/mol. The van der Waals surface area contributed by atoms with Crippen LogP contribution in [0.1, 0.15) is 19.8 Å². The van der Waals surface area contributed by atoms with Gasteiger partial charge in [0, 0.05) is 13.0 Å².